The summed E-state index contributed by atoms with van der Waals surface area (Å²) < 4.78 is 5.17. The predicted molar refractivity (Wildman–Crippen MR) is 120 cm³/mol. The topological polar surface area (TPSA) is 96.3 Å². The van der Waals surface area contributed by atoms with Crippen molar-refractivity contribution < 1.29 is 23.9 Å². The van der Waals surface area contributed by atoms with Crippen molar-refractivity contribution in [3.05, 3.63) is 71.8 Å². The Balaban J connectivity index is 1.53. The number of ketones is 2. The van der Waals surface area contributed by atoms with Gasteiger partial charge in [0.25, 0.3) is 0 Å². The van der Waals surface area contributed by atoms with Gasteiger partial charge in [-0.25, -0.2) is 4.90 Å². The molecule has 8 nitrogen and oxygen atoms in total. The third-order valence-corrected chi connectivity index (χ3v) is 6.47. The summed E-state index contributed by atoms with van der Waals surface area (Å²) in [5.41, 5.74) is 1.28. The van der Waals surface area contributed by atoms with Crippen molar-refractivity contribution in [2.75, 3.05) is 12.0 Å². The molecule has 166 valence electrons. The normalized spacial score (nSPS) is 25.3. The van der Waals surface area contributed by atoms with Gasteiger partial charge in [-0.3, -0.25) is 24.2 Å². The van der Waals surface area contributed by atoms with E-state index in [0.29, 0.717) is 22.6 Å². The molecule has 8 heteroatoms. The van der Waals surface area contributed by atoms with E-state index in [0.717, 1.165) is 4.90 Å². The second-order valence-electron chi connectivity index (χ2n) is 8.22. The van der Waals surface area contributed by atoms with Gasteiger partial charge in [0.2, 0.25) is 11.8 Å². The second-order valence-corrected chi connectivity index (χ2v) is 8.22. The highest BCUT2D eigenvalue weighted by Crippen LogP contribution is 2.46. The molecule has 2 fully saturated rings. The Morgan fingerprint density at radius 3 is 2.18 bits per heavy atom. The molecule has 0 aliphatic carbocycles. The molecule has 0 radical (unpaired) electrons. The molecule has 2 saturated heterocycles. The standard InChI is InChI=1S/C25H21N3O5/c1-14(29)15-5-9-17(10-6-15)27-24(31)20-19-4-3-13-26-28(19)22(21(20)25(27)32)23(30)16-7-11-18(33-2)12-8-16/h3-13,19-22H,1-2H3/t19-,20+,21+,22-/m1/s1. The van der Waals surface area contributed by atoms with E-state index in [2.05, 4.69) is 5.10 Å². The summed E-state index contributed by atoms with van der Waals surface area (Å²) in [5, 5.41) is 5.93. The highest BCUT2D eigenvalue weighted by atomic mass is 16.5. The maximum absolute atomic E-state index is 13.6. The van der Waals surface area contributed by atoms with E-state index in [9.17, 15) is 19.2 Å². The summed E-state index contributed by atoms with van der Waals surface area (Å²) in [6.45, 7) is 1.45. The summed E-state index contributed by atoms with van der Waals surface area (Å²) in [6.07, 6.45) is 5.08. The molecule has 3 aliphatic rings. The number of hydrogen-bond acceptors (Lipinski definition) is 7. The van der Waals surface area contributed by atoms with Crippen LogP contribution in [0, 0.1) is 11.8 Å². The Bertz CT molecular complexity index is 1220. The fraction of sp³-hybridized carbons (Fsp3) is 0.240. The van der Waals surface area contributed by atoms with Crippen LogP contribution in [0.2, 0.25) is 0 Å². The van der Waals surface area contributed by atoms with Crippen LogP contribution in [0.1, 0.15) is 27.6 Å². The number of allylic oxidation sites excluding steroid dienone is 1. The smallest absolute Gasteiger partial charge is 0.240 e. The number of rotatable bonds is 5. The summed E-state index contributed by atoms with van der Waals surface area (Å²) in [6, 6.07) is 11.6. The fourth-order valence-corrected chi connectivity index (χ4v) is 4.86. The van der Waals surface area contributed by atoms with Crippen molar-refractivity contribution >= 4 is 35.3 Å². The Kier molecular flexibility index (Phi) is 4.92. The Morgan fingerprint density at radius 1 is 0.909 bits per heavy atom. The summed E-state index contributed by atoms with van der Waals surface area (Å²) in [4.78, 5) is 53.3. The van der Waals surface area contributed by atoms with Gasteiger partial charge in [0.1, 0.15) is 11.8 Å². The highest BCUT2D eigenvalue weighted by molar-refractivity contribution is 6.24. The van der Waals surface area contributed by atoms with Gasteiger partial charge in [-0.05, 0) is 61.5 Å². The van der Waals surface area contributed by atoms with Crippen LogP contribution in [0.3, 0.4) is 0 Å². The zero-order valence-corrected chi connectivity index (χ0v) is 18.0. The number of hydrazone groups is 1. The van der Waals surface area contributed by atoms with Crippen LogP contribution in [-0.4, -0.2) is 53.8 Å². The molecule has 0 saturated carbocycles. The average Bonchev–Trinajstić information content (AvgIpc) is 3.31. The SMILES string of the molecule is COc1ccc(C(=O)[C@H]2[C@H]3C(=O)N(c4ccc(C(C)=O)cc4)C(=O)[C@H]3[C@H]3C=CC=NN32)cc1. The van der Waals surface area contributed by atoms with Crippen LogP contribution in [-0.2, 0) is 9.59 Å². The van der Waals surface area contributed by atoms with Crippen LogP contribution in [0.5, 0.6) is 5.75 Å². The first kappa shape index (κ1) is 20.8. The van der Waals surface area contributed by atoms with Crippen molar-refractivity contribution in [3.63, 3.8) is 0 Å². The number of imide groups is 1. The largest absolute Gasteiger partial charge is 0.497 e. The number of nitrogens with zero attached hydrogens (tertiary/aromatic N) is 3. The second kappa shape index (κ2) is 7.81. The van der Waals surface area contributed by atoms with Gasteiger partial charge in [-0.1, -0.05) is 6.08 Å². The Hall–Kier alpha value is -4.07. The lowest BCUT2D eigenvalue weighted by Crippen LogP contribution is -2.46. The van der Waals surface area contributed by atoms with Gasteiger partial charge in [0, 0.05) is 17.3 Å². The maximum atomic E-state index is 13.6. The fourth-order valence-electron chi connectivity index (χ4n) is 4.86. The molecule has 33 heavy (non-hydrogen) atoms. The molecule has 2 aromatic rings. The molecule has 0 N–H and O–H groups in total. The van der Waals surface area contributed by atoms with Crippen molar-refractivity contribution in [1.82, 2.24) is 5.01 Å². The number of fused-ring (bicyclic) bond motifs is 3. The molecule has 3 heterocycles. The lowest BCUT2D eigenvalue weighted by molar-refractivity contribution is -0.123. The number of Topliss-reactive ketones (excluding diaryl/α,β-unsaturated/α-hetero) is 2. The third kappa shape index (κ3) is 3.17. The third-order valence-electron chi connectivity index (χ3n) is 6.47. The number of amides is 2. The highest BCUT2D eigenvalue weighted by Gasteiger charge is 2.64. The van der Waals surface area contributed by atoms with Gasteiger partial charge < -0.3 is 4.74 Å². The Labute approximate surface area is 190 Å². The van der Waals surface area contributed by atoms with E-state index in [4.69, 9.17) is 4.74 Å². The first-order valence-corrected chi connectivity index (χ1v) is 10.6. The van der Waals surface area contributed by atoms with Gasteiger partial charge in [-0.15, -0.1) is 0 Å². The monoisotopic (exact) mass is 443 g/mol. The molecule has 0 aromatic heterocycles. The van der Waals surface area contributed by atoms with Crippen LogP contribution in [0.4, 0.5) is 5.69 Å². The molecule has 4 atom stereocenters. The number of anilines is 1. The van der Waals surface area contributed by atoms with E-state index in [1.807, 2.05) is 0 Å². The summed E-state index contributed by atoms with van der Waals surface area (Å²) in [7, 11) is 1.54. The number of hydrogen-bond donors (Lipinski definition) is 0. The zero-order valence-electron chi connectivity index (χ0n) is 18.0. The molecule has 2 amide bonds. The van der Waals surface area contributed by atoms with E-state index in [-0.39, 0.29) is 17.5 Å². The van der Waals surface area contributed by atoms with Crippen molar-refractivity contribution in [2.24, 2.45) is 16.9 Å². The van der Waals surface area contributed by atoms with Gasteiger partial charge >= 0.3 is 0 Å². The lowest BCUT2D eigenvalue weighted by atomic mass is 9.86. The van der Waals surface area contributed by atoms with Gasteiger partial charge in [0.05, 0.1) is 30.7 Å². The number of methoxy groups -OCH3 is 1. The number of benzene rings is 2. The van der Waals surface area contributed by atoms with Crippen LogP contribution >= 0.6 is 0 Å². The molecule has 0 bridgehead atoms. The zero-order chi connectivity index (χ0) is 23.3. The molecule has 5 rings (SSSR count). The minimum atomic E-state index is -0.910. The average molecular weight is 443 g/mol. The molecule has 3 aliphatic heterocycles. The van der Waals surface area contributed by atoms with Crippen LogP contribution < -0.4 is 9.64 Å². The minimum Gasteiger partial charge on any atom is -0.497 e. The predicted octanol–water partition coefficient (Wildman–Crippen LogP) is 2.49. The van der Waals surface area contributed by atoms with Gasteiger partial charge in [0.15, 0.2) is 11.6 Å². The van der Waals surface area contributed by atoms with Crippen molar-refractivity contribution in [3.8, 4) is 5.75 Å². The van der Waals surface area contributed by atoms with Crippen LogP contribution in [0.15, 0.2) is 65.8 Å². The van der Waals surface area contributed by atoms with E-state index in [1.54, 1.807) is 71.9 Å². The number of ether oxygens (including phenoxy) is 1. The molecular weight excluding hydrogens is 422 g/mol. The van der Waals surface area contributed by atoms with E-state index >= 15 is 0 Å². The Morgan fingerprint density at radius 2 is 1.55 bits per heavy atom. The summed E-state index contributed by atoms with van der Waals surface area (Å²) >= 11 is 0. The first-order valence-electron chi connectivity index (χ1n) is 10.6. The molecule has 0 unspecified atom stereocenters. The number of carbonyl (C=O) groups excluding carboxylic acids is 4. The molecule has 0 spiro atoms. The quantitative estimate of drug-likeness (QED) is 0.520. The van der Waals surface area contributed by atoms with Crippen molar-refractivity contribution in [2.45, 2.75) is 19.0 Å². The summed E-state index contributed by atoms with van der Waals surface area (Å²) in [5.74, 6) is -2.19. The van der Waals surface area contributed by atoms with E-state index in [1.165, 1.54) is 14.0 Å². The molecular formula is C25H21N3O5. The van der Waals surface area contributed by atoms with Crippen molar-refractivity contribution in [1.29, 1.82) is 0 Å². The molecule has 2 aromatic carbocycles. The van der Waals surface area contributed by atoms with Crippen LogP contribution in [0.25, 0.3) is 0 Å². The van der Waals surface area contributed by atoms with E-state index < -0.39 is 29.8 Å². The lowest BCUT2D eigenvalue weighted by Gasteiger charge is -2.30. The minimum absolute atomic E-state index is 0.108. The number of carbonyl (C=O) groups is 4. The maximum Gasteiger partial charge on any atom is 0.240 e. The van der Waals surface area contributed by atoms with Gasteiger partial charge in [-0.2, -0.15) is 5.10 Å². The first-order chi connectivity index (χ1) is 15.9.